The standard InChI is InChI=1S/C10H12FN/c1-2-12-10-5-7-3-4-8(11)6-9(7)10/h3-4,6,10,12H,2,5H2,1H3. The summed E-state index contributed by atoms with van der Waals surface area (Å²) in [7, 11) is 0. The lowest BCUT2D eigenvalue weighted by Crippen LogP contribution is -2.31. The fourth-order valence-corrected chi connectivity index (χ4v) is 1.70. The fourth-order valence-electron chi connectivity index (χ4n) is 1.70. The largest absolute Gasteiger partial charge is 0.310 e. The van der Waals surface area contributed by atoms with Crippen molar-refractivity contribution in [2.45, 2.75) is 19.4 Å². The van der Waals surface area contributed by atoms with Crippen molar-refractivity contribution >= 4 is 0 Å². The molecule has 0 saturated carbocycles. The third-order valence-corrected chi connectivity index (χ3v) is 2.36. The molecule has 1 aromatic rings. The fraction of sp³-hybridized carbons (Fsp3) is 0.400. The van der Waals surface area contributed by atoms with Gasteiger partial charge in [-0.05, 0) is 36.2 Å². The molecule has 1 atom stereocenters. The van der Waals surface area contributed by atoms with Crippen LogP contribution in [0.3, 0.4) is 0 Å². The van der Waals surface area contributed by atoms with Crippen molar-refractivity contribution in [3.63, 3.8) is 0 Å². The van der Waals surface area contributed by atoms with E-state index in [1.807, 2.05) is 6.07 Å². The van der Waals surface area contributed by atoms with Crippen LogP contribution in [0.4, 0.5) is 4.39 Å². The Morgan fingerprint density at radius 2 is 2.42 bits per heavy atom. The molecule has 1 aliphatic rings. The summed E-state index contributed by atoms with van der Waals surface area (Å²) in [5.74, 6) is -0.128. The van der Waals surface area contributed by atoms with Crippen molar-refractivity contribution in [1.82, 2.24) is 5.32 Å². The van der Waals surface area contributed by atoms with Gasteiger partial charge in [0, 0.05) is 6.04 Å². The summed E-state index contributed by atoms with van der Waals surface area (Å²) in [6.45, 7) is 3.01. The van der Waals surface area contributed by atoms with E-state index < -0.39 is 0 Å². The number of fused-ring (bicyclic) bond motifs is 1. The topological polar surface area (TPSA) is 12.0 Å². The third kappa shape index (κ3) is 1.12. The van der Waals surface area contributed by atoms with Crippen LogP contribution in [0.1, 0.15) is 24.1 Å². The minimum absolute atomic E-state index is 0.128. The smallest absolute Gasteiger partial charge is 0.123 e. The predicted octanol–water partition coefficient (Wildman–Crippen LogP) is 2.03. The minimum Gasteiger partial charge on any atom is -0.310 e. The Labute approximate surface area is 71.6 Å². The molecule has 0 radical (unpaired) electrons. The van der Waals surface area contributed by atoms with Gasteiger partial charge in [0.25, 0.3) is 0 Å². The highest BCUT2D eigenvalue weighted by Crippen LogP contribution is 2.32. The molecule has 1 aromatic carbocycles. The summed E-state index contributed by atoms with van der Waals surface area (Å²) >= 11 is 0. The number of benzene rings is 1. The molecule has 2 rings (SSSR count). The SMILES string of the molecule is CCNC1Cc2ccc(F)cc21. The molecular weight excluding hydrogens is 153 g/mol. The molecule has 0 fully saturated rings. The van der Waals surface area contributed by atoms with Crippen LogP contribution in [0.5, 0.6) is 0 Å². The van der Waals surface area contributed by atoms with E-state index in [0.29, 0.717) is 6.04 Å². The van der Waals surface area contributed by atoms with Crippen molar-refractivity contribution in [3.05, 3.63) is 35.1 Å². The number of likely N-dealkylation sites (N-methyl/N-ethyl adjacent to an activating group) is 1. The van der Waals surface area contributed by atoms with Gasteiger partial charge in [-0.1, -0.05) is 13.0 Å². The molecule has 1 nitrogen and oxygen atoms in total. The lowest BCUT2D eigenvalue weighted by molar-refractivity contribution is 0.490. The van der Waals surface area contributed by atoms with E-state index in [-0.39, 0.29) is 5.82 Å². The molecule has 0 bridgehead atoms. The monoisotopic (exact) mass is 165 g/mol. The van der Waals surface area contributed by atoms with Gasteiger partial charge in [-0.25, -0.2) is 4.39 Å². The van der Waals surface area contributed by atoms with Crippen LogP contribution in [0, 0.1) is 5.82 Å². The molecule has 0 aromatic heterocycles. The normalized spacial score (nSPS) is 20.0. The first kappa shape index (κ1) is 7.74. The molecule has 0 spiro atoms. The van der Waals surface area contributed by atoms with Crippen molar-refractivity contribution < 1.29 is 4.39 Å². The zero-order valence-electron chi connectivity index (χ0n) is 7.10. The highest BCUT2D eigenvalue weighted by Gasteiger charge is 2.24. The summed E-state index contributed by atoms with van der Waals surface area (Å²) in [6, 6.07) is 5.42. The quantitative estimate of drug-likeness (QED) is 0.707. The maximum Gasteiger partial charge on any atom is 0.123 e. The van der Waals surface area contributed by atoms with Gasteiger partial charge in [0.05, 0.1) is 0 Å². The lowest BCUT2D eigenvalue weighted by Gasteiger charge is -2.30. The van der Waals surface area contributed by atoms with Crippen LogP contribution in [0.15, 0.2) is 18.2 Å². The van der Waals surface area contributed by atoms with Crippen molar-refractivity contribution in [3.8, 4) is 0 Å². The number of hydrogen-bond acceptors (Lipinski definition) is 1. The van der Waals surface area contributed by atoms with Crippen LogP contribution in [-0.4, -0.2) is 6.54 Å². The van der Waals surface area contributed by atoms with Gasteiger partial charge >= 0.3 is 0 Å². The van der Waals surface area contributed by atoms with Gasteiger partial charge in [-0.2, -0.15) is 0 Å². The van der Waals surface area contributed by atoms with E-state index in [1.165, 1.54) is 11.6 Å². The zero-order chi connectivity index (χ0) is 8.55. The zero-order valence-corrected chi connectivity index (χ0v) is 7.10. The van der Waals surface area contributed by atoms with Crippen molar-refractivity contribution in [1.29, 1.82) is 0 Å². The Hall–Kier alpha value is -0.890. The summed E-state index contributed by atoms with van der Waals surface area (Å²) in [5, 5.41) is 3.30. The highest BCUT2D eigenvalue weighted by atomic mass is 19.1. The number of halogens is 1. The van der Waals surface area contributed by atoms with Gasteiger partial charge in [-0.3, -0.25) is 0 Å². The molecule has 0 amide bonds. The first-order valence-corrected chi connectivity index (χ1v) is 4.33. The van der Waals surface area contributed by atoms with Gasteiger partial charge in [-0.15, -0.1) is 0 Å². The summed E-state index contributed by atoms with van der Waals surface area (Å²) in [4.78, 5) is 0. The van der Waals surface area contributed by atoms with Gasteiger partial charge in [0.15, 0.2) is 0 Å². The van der Waals surface area contributed by atoms with E-state index in [1.54, 1.807) is 6.07 Å². The van der Waals surface area contributed by atoms with Gasteiger partial charge in [0.1, 0.15) is 5.82 Å². The average Bonchev–Trinajstić information content (AvgIpc) is 2.05. The Morgan fingerprint density at radius 3 is 3.17 bits per heavy atom. The number of nitrogens with one attached hydrogen (secondary N) is 1. The second-order valence-electron chi connectivity index (χ2n) is 3.16. The van der Waals surface area contributed by atoms with Crippen LogP contribution in [0.25, 0.3) is 0 Å². The number of hydrogen-bond donors (Lipinski definition) is 1. The first-order chi connectivity index (χ1) is 5.81. The van der Waals surface area contributed by atoms with E-state index in [0.717, 1.165) is 18.5 Å². The van der Waals surface area contributed by atoms with E-state index in [2.05, 4.69) is 12.2 Å². The molecule has 1 N–H and O–H groups in total. The van der Waals surface area contributed by atoms with Crippen LogP contribution < -0.4 is 5.32 Å². The molecule has 64 valence electrons. The first-order valence-electron chi connectivity index (χ1n) is 4.33. The minimum atomic E-state index is -0.128. The molecule has 0 heterocycles. The molecule has 0 saturated heterocycles. The Bertz CT molecular complexity index is 296. The second-order valence-corrected chi connectivity index (χ2v) is 3.16. The van der Waals surface area contributed by atoms with Crippen LogP contribution in [0.2, 0.25) is 0 Å². The number of rotatable bonds is 2. The second kappa shape index (κ2) is 2.87. The van der Waals surface area contributed by atoms with Crippen LogP contribution in [-0.2, 0) is 6.42 Å². The molecule has 1 aliphatic carbocycles. The molecule has 12 heavy (non-hydrogen) atoms. The molecular formula is C10H12FN. The average molecular weight is 165 g/mol. The van der Waals surface area contributed by atoms with E-state index in [9.17, 15) is 4.39 Å². The molecule has 1 unspecified atom stereocenters. The lowest BCUT2D eigenvalue weighted by atomic mass is 9.83. The van der Waals surface area contributed by atoms with Crippen LogP contribution >= 0.6 is 0 Å². The molecule has 0 aliphatic heterocycles. The maximum absolute atomic E-state index is 12.8. The van der Waals surface area contributed by atoms with Gasteiger partial charge in [0.2, 0.25) is 0 Å². The maximum atomic E-state index is 12.8. The Kier molecular flexibility index (Phi) is 1.85. The van der Waals surface area contributed by atoms with Gasteiger partial charge < -0.3 is 5.32 Å². The highest BCUT2D eigenvalue weighted by molar-refractivity contribution is 5.39. The summed E-state index contributed by atoms with van der Waals surface area (Å²) in [6.07, 6.45) is 1.05. The van der Waals surface area contributed by atoms with E-state index in [4.69, 9.17) is 0 Å². The Balaban J connectivity index is 2.22. The predicted molar refractivity (Wildman–Crippen MR) is 46.5 cm³/mol. The molecule has 2 heteroatoms. The Morgan fingerprint density at radius 1 is 1.58 bits per heavy atom. The van der Waals surface area contributed by atoms with Crippen molar-refractivity contribution in [2.75, 3.05) is 6.54 Å². The van der Waals surface area contributed by atoms with Crippen molar-refractivity contribution in [2.24, 2.45) is 0 Å². The van der Waals surface area contributed by atoms with E-state index >= 15 is 0 Å². The summed E-state index contributed by atoms with van der Waals surface area (Å²) < 4.78 is 12.8. The third-order valence-electron chi connectivity index (χ3n) is 2.36. The summed E-state index contributed by atoms with van der Waals surface area (Å²) in [5.41, 5.74) is 2.42.